The van der Waals surface area contributed by atoms with Crippen molar-refractivity contribution in [3.8, 4) is 0 Å². The Hall–Kier alpha value is -3.47. The van der Waals surface area contributed by atoms with E-state index in [2.05, 4.69) is 27.5 Å². The lowest BCUT2D eigenvalue weighted by atomic mass is 9.84. The van der Waals surface area contributed by atoms with Gasteiger partial charge in [-0.1, -0.05) is 6.58 Å². The van der Waals surface area contributed by atoms with Gasteiger partial charge in [0, 0.05) is 36.8 Å². The summed E-state index contributed by atoms with van der Waals surface area (Å²) in [5.41, 5.74) is 0.399. The van der Waals surface area contributed by atoms with Crippen LogP contribution in [0.25, 0.3) is 0 Å². The predicted octanol–water partition coefficient (Wildman–Crippen LogP) is 4.50. The molecule has 4 rings (SSSR count). The monoisotopic (exact) mass is 529 g/mol. The molecule has 1 atom stereocenters. The molecule has 1 aliphatic carbocycles. The second-order valence-corrected chi connectivity index (χ2v) is 10.4. The van der Waals surface area contributed by atoms with Gasteiger partial charge in [0.05, 0.1) is 24.2 Å². The van der Waals surface area contributed by atoms with Crippen molar-refractivity contribution in [2.75, 3.05) is 23.8 Å². The number of benzene rings is 1. The maximum atomic E-state index is 14.5. The van der Waals surface area contributed by atoms with Crippen molar-refractivity contribution in [2.24, 2.45) is 5.92 Å². The summed E-state index contributed by atoms with van der Waals surface area (Å²) < 4.78 is 29.9. The van der Waals surface area contributed by atoms with E-state index in [1.54, 1.807) is 0 Å². The fourth-order valence-corrected chi connectivity index (χ4v) is 5.49. The molecule has 38 heavy (non-hydrogen) atoms. The van der Waals surface area contributed by atoms with Gasteiger partial charge in [0.1, 0.15) is 23.1 Å². The van der Waals surface area contributed by atoms with Crippen molar-refractivity contribution in [1.82, 2.24) is 19.8 Å². The van der Waals surface area contributed by atoms with Crippen LogP contribution in [0.15, 0.2) is 30.6 Å². The summed E-state index contributed by atoms with van der Waals surface area (Å²) in [7, 11) is 0. The highest BCUT2D eigenvalue weighted by Crippen LogP contribution is 2.39. The number of rotatable bonds is 10. The molecule has 0 bridgehead atoms. The van der Waals surface area contributed by atoms with Crippen LogP contribution in [0.5, 0.6) is 0 Å². The number of imidazole rings is 1. The Kier molecular flexibility index (Phi) is 8.65. The Balaban J connectivity index is 1.61. The molecule has 9 nitrogen and oxygen atoms in total. The van der Waals surface area contributed by atoms with Crippen LogP contribution in [0, 0.1) is 23.0 Å². The molecule has 1 saturated carbocycles. The van der Waals surface area contributed by atoms with Crippen LogP contribution in [0.4, 0.5) is 26.2 Å². The molecular weight excluding hydrogens is 492 g/mol. The molecule has 1 aromatic heterocycles. The van der Waals surface area contributed by atoms with Crippen LogP contribution in [-0.4, -0.2) is 56.9 Å². The SMILES string of the molecule is C=C(Nc1c(C=N)nc(Nc2ccc(F)cc2F)n1C1CCC(C(=O)N2CCC[C@@H]2CO)CC1)NC(C)C. The van der Waals surface area contributed by atoms with Gasteiger partial charge in [0.25, 0.3) is 0 Å². The number of anilines is 3. The molecule has 1 amide bonds. The second-order valence-electron chi connectivity index (χ2n) is 10.4. The topological polar surface area (TPSA) is 118 Å². The number of aliphatic hydroxyl groups excluding tert-OH is 1. The predicted molar refractivity (Wildman–Crippen MR) is 144 cm³/mol. The highest BCUT2D eigenvalue weighted by molar-refractivity contribution is 5.84. The van der Waals surface area contributed by atoms with Crippen molar-refractivity contribution in [1.29, 1.82) is 5.41 Å². The van der Waals surface area contributed by atoms with Gasteiger partial charge >= 0.3 is 0 Å². The van der Waals surface area contributed by atoms with E-state index in [0.717, 1.165) is 25.1 Å². The first kappa shape index (κ1) is 27.6. The fourth-order valence-electron chi connectivity index (χ4n) is 5.49. The van der Waals surface area contributed by atoms with Crippen LogP contribution in [0.2, 0.25) is 0 Å². The van der Waals surface area contributed by atoms with Crippen molar-refractivity contribution in [2.45, 2.75) is 70.5 Å². The molecule has 0 unspecified atom stereocenters. The highest BCUT2D eigenvalue weighted by atomic mass is 19.1. The van der Waals surface area contributed by atoms with E-state index in [-0.39, 0.29) is 42.2 Å². The number of carbonyl (C=O) groups excluding carboxylic acids is 1. The number of halogens is 2. The number of likely N-dealkylation sites (tertiary alicyclic amines) is 1. The molecule has 2 fully saturated rings. The second kappa shape index (κ2) is 11.9. The van der Waals surface area contributed by atoms with Crippen molar-refractivity contribution >= 4 is 29.6 Å². The highest BCUT2D eigenvalue weighted by Gasteiger charge is 2.36. The third-order valence-corrected chi connectivity index (χ3v) is 7.27. The Morgan fingerprint density at radius 1 is 1.26 bits per heavy atom. The molecule has 5 N–H and O–H groups in total. The molecule has 0 spiro atoms. The molecular formula is C27H37F2N7O2. The van der Waals surface area contributed by atoms with Gasteiger partial charge in [-0.05, 0) is 64.5 Å². The summed E-state index contributed by atoms with van der Waals surface area (Å²) in [5, 5.41) is 27.0. The number of aliphatic hydroxyl groups is 1. The summed E-state index contributed by atoms with van der Waals surface area (Å²) in [5.74, 6) is -0.0957. The van der Waals surface area contributed by atoms with E-state index in [9.17, 15) is 18.7 Å². The van der Waals surface area contributed by atoms with E-state index in [4.69, 9.17) is 5.41 Å². The number of amides is 1. The van der Waals surface area contributed by atoms with Gasteiger partial charge in [-0.3, -0.25) is 9.36 Å². The third kappa shape index (κ3) is 5.98. The lowest BCUT2D eigenvalue weighted by Gasteiger charge is -2.34. The lowest BCUT2D eigenvalue weighted by molar-refractivity contribution is -0.138. The summed E-state index contributed by atoms with van der Waals surface area (Å²) in [6, 6.07) is 3.21. The molecule has 1 saturated heterocycles. The largest absolute Gasteiger partial charge is 0.394 e. The minimum absolute atomic E-state index is 0.0131. The van der Waals surface area contributed by atoms with Gasteiger partial charge in [-0.15, -0.1) is 0 Å². The Labute approximate surface area is 221 Å². The number of hydrogen-bond donors (Lipinski definition) is 5. The first-order valence-corrected chi connectivity index (χ1v) is 13.2. The molecule has 2 heterocycles. The summed E-state index contributed by atoms with van der Waals surface area (Å²) in [6.07, 6.45) is 5.51. The normalized spacial score (nSPS) is 21.4. The minimum Gasteiger partial charge on any atom is -0.394 e. The zero-order valence-electron chi connectivity index (χ0n) is 21.9. The lowest BCUT2D eigenvalue weighted by Crippen LogP contribution is -2.42. The maximum absolute atomic E-state index is 14.5. The Bertz CT molecular complexity index is 1170. The molecule has 0 radical (unpaired) electrons. The smallest absolute Gasteiger partial charge is 0.226 e. The summed E-state index contributed by atoms with van der Waals surface area (Å²) in [6.45, 7) is 8.66. The quantitative estimate of drug-likeness (QED) is 0.289. The first-order valence-electron chi connectivity index (χ1n) is 13.2. The zero-order valence-corrected chi connectivity index (χ0v) is 21.9. The standard InChI is InChI=1S/C27H37F2N7O2/c1-16(2)31-17(3)32-25-24(14-30)34-27(33-23-11-8-19(28)13-22(23)29)36(25)20-9-6-18(7-10-20)26(38)35-12-4-5-21(35)15-37/h8,11,13-14,16,18,20-21,30-32,37H,3-7,9-10,12,15H2,1-2H3,(H,33,34)/t18?,20?,21-/m1/s1. The van der Waals surface area contributed by atoms with Gasteiger partial charge in [0.15, 0.2) is 0 Å². The van der Waals surface area contributed by atoms with Gasteiger partial charge in [-0.2, -0.15) is 0 Å². The summed E-state index contributed by atoms with van der Waals surface area (Å²) in [4.78, 5) is 19.6. The Morgan fingerprint density at radius 3 is 2.63 bits per heavy atom. The number of nitrogens with zero attached hydrogens (tertiary/aromatic N) is 3. The van der Waals surface area contributed by atoms with Gasteiger partial charge < -0.3 is 31.4 Å². The molecule has 1 aliphatic heterocycles. The first-order chi connectivity index (χ1) is 18.2. The maximum Gasteiger partial charge on any atom is 0.226 e. The molecule has 2 aromatic rings. The average molecular weight is 530 g/mol. The number of carbonyl (C=O) groups is 1. The van der Waals surface area contributed by atoms with Crippen LogP contribution >= 0.6 is 0 Å². The van der Waals surface area contributed by atoms with Crippen molar-refractivity contribution < 1.29 is 18.7 Å². The number of hydrogen-bond acceptors (Lipinski definition) is 7. The van der Waals surface area contributed by atoms with E-state index in [1.165, 1.54) is 12.1 Å². The van der Waals surface area contributed by atoms with E-state index >= 15 is 0 Å². The van der Waals surface area contributed by atoms with Gasteiger partial charge in [-0.25, -0.2) is 13.8 Å². The third-order valence-electron chi connectivity index (χ3n) is 7.27. The van der Waals surface area contributed by atoms with Gasteiger partial charge in [0.2, 0.25) is 11.9 Å². The van der Waals surface area contributed by atoms with Crippen LogP contribution in [0.1, 0.15) is 64.1 Å². The van der Waals surface area contributed by atoms with E-state index in [1.807, 2.05) is 23.3 Å². The van der Waals surface area contributed by atoms with Crippen LogP contribution in [0.3, 0.4) is 0 Å². The van der Waals surface area contributed by atoms with E-state index in [0.29, 0.717) is 55.5 Å². The Morgan fingerprint density at radius 2 is 2.00 bits per heavy atom. The number of aromatic nitrogens is 2. The number of nitrogens with one attached hydrogen (secondary N) is 4. The minimum atomic E-state index is -0.755. The van der Waals surface area contributed by atoms with Crippen LogP contribution in [-0.2, 0) is 4.79 Å². The molecule has 1 aromatic carbocycles. The van der Waals surface area contributed by atoms with Crippen molar-refractivity contribution in [3.05, 3.63) is 47.9 Å². The van der Waals surface area contributed by atoms with Crippen LogP contribution < -0.4 is 16.0 Å². The zero-order chi connectivity index (χ0) is 27.4. The molecule has 206 valence electrons. The summed E-state index contributed by atoms with van der Waals surface area (Å²) >= 11 is 0. The molecule has 11 heteroatoms. The molecule has 2 aliphatic rings. The fraction of sp³-hybridized carbons (Fsp3) is 0.519. The van der Waals surface area contributed by atoms with E-state index < -0.39 is 11.6 Å². The average Bonchev–Trinajstić information content (AvgIpc) is 3.49. The van der Waals surface area contributed by atoms with Crippen molar-refractivity contribution in [3.63, 3.8) is 0 Å².